The number of hydrogen-bond donors (Lipinski definition) is 2. The van der Waals surface area contributed by atoms with Crippen molar-refractivity contribution in [2.24, 2.45) is 0 Å². The van der Waals surface area contributed by atoms with Crippen LogP contribution in [-0.2, 0) is 0 Å². The Hall–Kier alpha value is -3.50. The van der Waals surface area contributed by atoms with Crippen molar-refractivity contribution in [3.8, 4) is 11.4 Å². The third-order valence-electron chi connectivity index (χ3n) is 5.79. The predicted octanol–water partition coefficient (Wildman–Crippen LogP) is 5.93. The SMILES string of the molecule is CNCCCNc1nc(-c2ccc3cc4ccccc4cc3c2)nc2c(C)cccc12. The highest BCUT2D eigenvalue weighted by Gasteiger charge is 2.11. The Bertz CT molecular complexity index is 1390. The lowest BCUT2D eigenvalue weighted by molar-refractivity contribution is 0.747. The van der Waals surface area contributed by atoms with E-state index in [2.05, 4.69) is 90.4 Å². The molecule has 0 fully saturated rings. The molecule has 0 saturated heterocycles. The molecule has 4 aromatic carbocycles. The molecule has 1 heterocycles. The largest absolute Gasteiger partial charge is 0.369 e. The minimum Gasteiger partial charge on any atom is -0.369 e. The summed E-state index contributed by atoms with van der Waals surface area (Å²) in [5.41, 5.74) is 3.19. The summed E-state index contributed by atoms with van der Waals surface area (Å²) in [6.07, 6.45) is 1.03. The summed E-state index contributed by atoms with van der Waals surface area (Å²) in [6.45, 7) is 3.95. The number of nitrogens with zero attached hydrogens (tertiary/aromatic N) is 2. The van der Waals surface area contributed by atoms with Gasteiger partial charge in [0, 0.05) is 17.5 Å². The van der Waals surface area contributed by atoms with E-state index in [1.165, 1.54) is 21.5 Å². The van der Waals surface area contributed by atoms with E-state index < -0.39 is 0 Å². The van der Waals surface area contributed by atoms with Crippen molar-refractivity contribution < 1.29 is 0 Å². The molecule has 5 rings (SSSR count). The molecule has 4 nitrogen and oxygen atoms in total. The zero-order valence-corrected chi connectivity index (χ0v) is 17.9. The van der Waals surface area contributed by atoms with Crippen molar-refractivity contribution in [1.82, 2.24) is 15.3 Å². The minimum absolute atomic E-state index is 0.757. The second-order valence-electron chi connectivity index (χ2n) is 8.01. The van der Waals surface area contributed by atoms with Crippen molar-refractivity contribution in [3.05, 3.63) is 78.4 Å². The first kappa shape index (κ1) is 19.5. The van der Waals surface area contributed by atoms with Gasteiger partial charge in [-0.15, -0.1) is 0 Å². The zero-order chi connectivity index (χ0) is 21.2. The Morgan fingerprint density at radius 2 is 1.52 bits per heavy atom. The normalized spacial score (nSPS) is 11.4. The Morgan fingerprint density at radius 3 is 2.32 bits per heavy atom. The van der Waals surface area contributed by atoms with E-state index in [1.54, 1.807) is 0 Å². The highest BCUT2D eigenvalue weighted by atomic mass is 15.0. The van der Waals surface area contributed by atoms with Gasteiger partial charge >= 0.3 is 0 Å². The molecule has 154 valence electrons. The van der Waals surface area contributed by atoms with Gasteiger partial charge in [-0.1, -0.05) is 48.5 Å². The molecule has 0 aliphatic carbocycles. The van der Waals surface area contributed by atoms with Crippen LogP contribution in [0.15, 0.2) is 72.8 Å². The van der Waals surface area contributed by atoms with Crippen LogP contribution in [0.3, 0.4) is 0 Å². The number of aromatic nitrogens is 2. The van der Waals surface area contributed by atoms with E-state index in [4.69, 9.17) is 9.97 Å². The average Bonchev–Trinajstić information content (AvgIpc) is 2.80. The Labute approximate surface area is 182 Å². The summed E-state index contributed by atoms with van der Waals surface area (Å²) >= 11 is 0. The van der Waals surface area contributed by atoms with Crippen LogP contribution >= 0.6 is 0 Å². The fraction of sp³-hybridized carbons (Fsp3) is 0.185. The summed E-state index contributed by atoms with van der Waals surface area (Å²) in [6, 6.07) is 25.7. The fourth-order valence-corrected chi connectivity index (χ4v) is 4.11. The topological polar surface area (TPSA) is 49.8 Å². The summed E-state index contributed by atoms with van der Waals surface area (Å²) in [4.78, 5) is 9.89. The van der Waals surface area contributed by atoms with Crippen LogP contribution in [0.5, 0.6) is 0 Å². The highest BCUT2D eigenvalue weighted by molar-refractivity contribution is 6.00. The number of benzene rings is 4. The third kappa shape index (κ3) is 3.82. The molecule has 0 amide bonds. The van der Waals surface area contributed by atoms with Crippen LogP contribution < -0.4 is 10.6 Å². The van der Waals surface area contributed by atoms with Crippen LogP contribution in [0, 0.1) is 6.92 Å². The molecular weight excluding hydrogens is 380 g/mol. The van der Waals surface area contributed by atoms with Crippen molar-refractivity contribution in [3.63, 3.8) is 0 Å². The van der Waals surface area contributed by atoms with Gasteiger partial charge in [0.2, 0.25) is 0 Å². The predicted molar refractivity (Wildman–Crippen MR) is 132 cm³/mol. The van der Waals surface area contributed by atoms with Crippen molar-refractivity contribution >= 4 is 38.3 Å². The number of fused-ring (bicyclic) bond motifs is 3. The van der Waals surface area contributed by atoms with Crippen LogP contribution in [-0.4, -0.2) is 30.1 Å². The molecule has 0 aliphatic heterocycles. The van der Waals surface area contributed by atoms with Gasteiger partial charge in [-0.3, -0.25) is 0 Å². The third-order valence-corrected chi connectivity index (χ3v) is 5.79. The first-order valence-corrected chi connectivity index (χ1v) is 10.8. The van der Waals surface area contributed by atoms with Crippen LogP contribution in [0.2, 0.25) is 0 Å². The smallest absolute Gasteiger partial charge is 0.162 e. The lowest BCUT2D eigenvalue weighted by Gasteiger charge is -2.13. The van der Waals surface area contributed by atoms with Gasteiger partial charge in [0.1, 0.15) is 5.82 Å². The summed E-state index contributed by atoms with van der Waals surface area (Å²) in [7, 11) is 1.98. The molecule has 0 spiro atoms. The quantitative estimate of drug-likeness (QED) is 0.271. The molecule has 31 heavy (non-hydrogen) atoms. The maximum atomic E-state index is 4.96. The monoisotopic (exact) mass is 406 g/mol. The lowest BCUT2D eigenvalue weighted by atomic mass is 10.0. The molecular formula is C27H26N4. The molecule has 1 aromatic heterocycles. The first-order chi connectivity index (χ1) is 15.2. The van der Waals surface area contributed by atoms with Crippen molar-refractivity contribution in [2.75, 3.05) is 25.5 Å². The van der Waals surface area contributed by atoms with Gasteiger partial charge in [0.05, 0.1) is 5.52 Å². The maximum Gasteiger partial charge on any atom is 0.162 e. The van der Waals surface area contributed by atoms with Gasteiger partial charge in [-0.25, -0.2) is 9.97 Å². The van der Waals surface area contributed by atoms with Gasteiger partial charge in [0.15, 0.2) is 5.82 Å². The number of nitrogens with one attached hydrogen (secondary N) is 2. The second-order valence-corrected chi connectivity index (χ2v) is 8.01. The van der Waals surface area contributed by atoms with E-state index in [1.807, 2.05) is 7.05 Å². The standard InChI is InChI=1S/C27H26N4/c1-18-7-5-10-24-25(18)30-26(31-27(24)29-14-6-13-28-2)22-12-11-21-15-19-8-3-4-9-20(19)16-23(21)17-22/h3-5,7-12,15-17,28H,6,13-14H2,1-2H3,(H,29,30,31). The fourth-order valence-electron chi connectivity index (χ4n) is 4.11. The summed E-state index contributed by atoms with van der Waals surface area (Å²) < 4.78 is 0. The van der Waals surface area contributed by atoms with E-state index in [0.29, 0.717) is 0 Å². The molecule has 4 heteroatoms. The Kier molecular flexibility index (Phi) is 5.23. The molecule has 0 atom stereocenters. The summed E-state index contributed by atoms with van der Waals surface area (Å²) in [5, 5.41) is 12.7. The van der Waals surface area contributed by atoms with Gasteiger partial charge in [-0.05, 0) is 78.3 Å². The van der Waals surface area contributed by atoms with Crippen molar-refractivity contribution in [1.29, 1.82) is 0 Å². The van der Waals surface area contributed by atoms with E-state index >= 15 is 0 Å². The first-order valence-electron chi connectivity index (χ1n) is 10.8. The molecule has 2 N–H and O–H groups in total. The zero-order valence-electron chi connectivity index (χ0n) is 17.9. The number of para-hydroxylation sites is 1. The van der Waals surface area contributed by atoms with E-state index in [0.717, 1.165) is 53.2 Å². The lowest BCUT2D eigenvalue weighted by Crippen LogP contribution is -2.14. The average molecular weight is 407 g/mol. The van der Waals surface area contributed by atoms with Gasteiger partial charge in [0.25, 0.3) is 0 Å². The number of aryl methyl sites for hydroxylation is 1. The molecule has 0 bridgehead atoms. The summed E-state index contributed by atoms with van der Waals surface area (Å²) in [5.74, 6) is 1.66. The molecule has 0 radical (unpaired) electrons. The highest BCUT2D eigenvalue weighted by Crippen LogP contribution is 2.30. The van der Waals surface area contributed by atoms with Crippen LogP contribution in [0.1, 0.15) is 12.0 Å². The van der Waals surface area contributed by atoms with E-state index in [9.17, 15) is 0 Å². The van der Waals surface area contributed by atoms with Crippen molar-refractivity contribution in [2.45, 2.75) is 13.3 Å². The van der Waals surface area contributed by atoms with Gasteiger partial charge in [-0.2, -0.15) is 0 Å². The Balaban J connectivity index is 1.62. The van der Waals surface area contributed by atoms with Crippen LogP contribution in [0.25, 0.3) is 43.8 Å². The second kappa shape index (κ2) is 8.32. The molecule has 0 aliphatic rings. The molecule has 0 unspecified atom stereocenters. The number of hydrogen-bond acceptors (Lipinski definition) is 4. The van der Waals surface area contributed by atoms with E-state index in [-0.39, 0.29) is 0 Å². The van der Waals surface area contributed by atoms with Crippen LogP contribution in [0.4, 0.5) is 5.82 Å². The minimum atomic E-state index is 0.757. The molecule has 5 aromatic rings. The van der Waals surface area contributed by atoms with Gasteiger partial charge < -0.3 is 10.6 Å². The maximum absolute atomic E-state index is 4.96. The number of anilines is 1. The molecule has 0 saturated carbocycles. The number of rotatable bonds is 6. The Morgan fingerprint density at radius 1 is 0.742 bits per heavy atom.